The van der Waals surface area contributed by atoms with Gasteiger partial charge < -0.3 is 14.5 Å². The zero-order chi connectivity index (χ0) is 22.7. The summed E-state index contributed by atoms with van der Waals surface area (Å²) in [5.74, 6) is 0.743. The van der Waals surface area contributed by atoms with Crippen molar-refractivity contribution >= 4 is 21.6 Å². The zero-order valence-electron chi connectivity index (χ0n) is 18.1. The highest BCUT2D eigenvalue weighted by molar-refractivity contribution is 7.92. The molecule has 1 N–H and O–H groups in total. The van der Waals surface area contributed by atoms with Crippen LogP contribution in [0.1, 0.15) is 33.0 Å². The molecule has 0 saturated carbocycles. The zero-order valence-corrected chi connectivity index (χ0v) is 18.9. The number of aryl methyl sites for hydroxylation is 2. The summed E-state index contributed by atoms with van der Waals surface area (Å²) >= 11 is 0. The van der Waals surface area contributed by atoms with Crippen LogP contribution >= 0.6 is 0 Å². The maximum Gasteiger partial charge on any atom is 0.287 e. The van der Waals surface area contributed by atoms with E-state index in [4.69, 9.17) is 9.15 Å². The molecule has 3 aromatic rings. The molecule has 168 valence electrons. The molecule has 1 aliphatic rings. The Morgan fingerprint density at radius 3 is 2.75 bits per heavy atom. The summed E-state index contributed by atoms with van der Waals surface area (Å²) in [6, 6.07) is 16.6. The fourth-order valence-electron chi connectivity index (χ4n) is 3.78. The second-order valence-corrected chi connectivity index (χ2v) is 9.86. The average molecular weight is 455 g/mol. The number of nitrogens with one attached hydrogen (secondary N) is 1. The number of para-hydroxylation sites is 1. The van der Waals surface area contributed by atoms with E-state index in [0.29, 0.717) is 18.7 Å². The number of carbonyl (C=O) groups is 1. The second kappa shape index (κ2) is 9.08. The van der Waals surface area contributed by atoms with E-state index >= 15 is 0 Å². The Labute approximate surface area is 188 Å². The quantitative estimate of drug-likeness (QED) is 0.562. The van der Waals surface area contributed by atoms with E-state index in [1.165, 1.54) is 4.31 Å². The van der Waals surface area contributed by atoms with Crippen molar-refractivity contribution in [1.82, 2.24) is 5.32 Å². The van der Waals surface area contributed by atoms with Crippen LogP contribution in [0.4, 0.5) is 5.69 Å². The molecule has 0 radical (unpaired) electrons. The first-order valence-electron chi connectivity index (χ1n) is 10.5. The first kappa shape index (κ1) is 22.0. The summed E-state index contributed by atoms with van der Waals surface area (Å²) in [7, 11) is -3.52. The maximum atomic E-state index is 12.7. The molecule has 32 heavy (non-hydrogen) atoms. The van der Waals surface area contributed by atoms with Crippen LogP contribution in [0.2, 0.25) is 0 Å². The number of rotatable bonds is 8. The van der Waals surface area contributed by atoms with Gasteiger partial charge in [-0.25, -0.2) is 8.42 Å². The number of anilines is 1. The van der Waals surface area contributed by atoms with Crippen molar-refractivity contribution in [3.63, 3.8) is 0 Å². The molecule has 0 aliphatic carbocycles. The molecule has 0 spiro atoms. The van der Waals surface area contributed by atoms with Crippen LogP contribution in [0.3, 0.4) is 0 Å². The number of hydrogen-bond acceptors (Lipinski definition) is 5. The van der Waals surface area contributed by atoms with Gasteiger partial charge in [-0.2, -0.15) is 0 Å². The summed E-state index contributed by atoms with van der Waals surface area (Å²) in [5.41, 5.74) is 3.92. The van der Waals surface area contributed by atoms with Gasteiger partial charge in [0, 0.05) is 13.1 Å². The van der Waals surface area contributed by atoms with E-state index < -0.39 is 15.9 Å². The van der Waals surface area contributed by atoms with Crippen molar-refractivity contribution in [2.24, 2.45) is 0 Å². The smallest absolute Gasteiger partial charge is 0.287 e. The van der Waals surface area contributed by atoms with E-state index in [2.05, 4.69) is 5.32 Å². The van der Waals surface area contributed by atoms with Gasteiger partial charge in [-0.3, -0.25) is 9.10 Å². The van der Waals surface area contributed by atoms with Crippen LogP contribution in [0.25, 0.3) is 0 Å². The average Bonchev–Trinajstić information content (AvgIpc) is 3.40. The van der Waals surface area contributed by atoms with Gasteiger partial charge >= 0.3 is 0 Å². The van der Waals surface area contributed by atoms with Crippen LogP contribution in [-0.2, 0) is 23.1 Å². The Bertz CT molecular complexity index is 1230. The van der Waals surface area contributed by atoms with E-state index in [-0.39, 0.29) is 24.7 Å². The Hall–Kier alpha value is -3.26. The summed E-state index contributed by atoms with van der Waals surface area (Å²) < 4.78 is 38.2. The number of amides is 1. The van der Waals surface area contributed by atoms with Crippen LogP contribution in [0.15, 0.2) is 59.0 Å². The fraction of sp³-hybridized carbons (Fsp3) is 0.292. The topological polar surface area (TPSA) is 88.8 Å². The Kier molecular flexibility index (Phi) is 6.23. The predicted molar refractivity (Wildman–Crippen MR) is 123 cm³/mol. The Balaban J connectivity index is 1.29. The van der Waals surface area contributed by atoms with E-state index in [0.717, 1.165) is 28.1 Å². The molecule has 7 nitrogen and oxygen atoms in total. The second-order valence-electron chi connectivity index (χ2n) is 7.85. The van der Waals surface area contributed by atoms with Crippen molar-refractivity contribution in [2.45, 2.75) is 26.9 Å². The minimum Gasteiger partial charge on any atom is -0.485 e. The standard InChI is InChI=1S/C24H26N2O5S/c1-17-7-9-22(18(2)15-17)30-16-20-8-10-23(31-20)24(27)25-12-14-32(28,29)26-13-11-19-5-3-4-6-21(19)26/h3-10,15H,11-14,16H2,1-2H3,(H,25,27). The third kappa shape index (κ3) is 4.80. The monoisotopic (exact) mass is 454 g/mol. The number of fused-ring (bicyclic) bond motifs is 1. The Morgan fingerprint density at radius 1 is 1.12 bits per heavy atom. The van der Waals surface area contributed by atoms with Gasteiger partial charge in [0.15, 0.2) is 5.76 Å². The highest BCUT2D eigenvalue weighted by atomic mass is 32.2. The van der Waals surface area contributed by atoms with E-state index in [1.807, 2.05) is 56.3 Å². The van der Waals surface area contributed by atoms with Gasteiger partial charge in [0.25, 0.3) is 5.91 Å². The number of nitrogens with zero attached hydrogens (tertiary/aromatic N) is 1. The number of sulfonamides is 1. The maximum absolute atomic E-state index is 12.7. The lowest BCUT2D eigenvalue weighted by atomic mass is 10.1. The Morgan fingerprint density at radius 2 is 1.94 bits per heavy atom. The molecule has 2 aromatic carbocycles. The molecule has 1 amide bonds. The first-order chi connectivity index (χ1) is 15.3. The van der Waals surface area contributed by atoms with Crippen molar-refractivity contribution < 1.29 is 22.4 Å². The molecular formula is C24H26N2O5S. The summed E-state index contributed by atoms with van der Waals surface area (Å²) in [6.07, 6.45) is 0.696. The van der Waals surface area contributed by atoms with Crippen LogP contribution < -0.4 is 14.4 Å². The van der Waals surface area contributed by atoms with E-state index in [1.54, 1.807) is 12.1 Å². The van der Waals surface area contributed by atoms with Gasteiger partial charge in [-0.15, -0.1) is 0 Å². The predicted octanol–water partition coefficient (Wildman–Crippen LogP) is 3.60. The lowest BCUT2D eigenvalue weighted by Gasteiger charge is -2.19. The lowest BCUT2D eigenvalue weighted by Crippen LogP contribution is -2.36. The number of benzene rings is 2. The SMILES string of the molecule is Cc1ccc(OCc2ccc(C(=O)NCCS(=O)(=O)N3CCc4ccccc43)o2)c(C)c1. The van der Waals surface area contributed by atoms with Crippen LogP contribution in [-0.4, -0.2) is 33.2 Å². The molecule has 1 aliphatic heterocycles. The molecule has 0 saturated heterocycles. The molecule has 8 heteroatoms. The van der Waals surface area contributed by atoms with E-state index in [9.17, 15) is 13.2 Å². The summed E-state index contributed by atoms with van der Waals surface area (Å²) in [5, 5.41) is 2.63. The van der Waals surface area contributed by atoms with Gasteiger partial charge in [0.05, 0.1) is 11.4 Å². The summed E-state index contributed by atoms with van der Waals surface area (Å²) in [6.45, 7) is 4.61. The highest BCUT2D eigenvalue weighted by Gasteiger charge is 2.28. The molecule has 1 aromatic heterocycles. The molecule has 0 fully saturated rings. The van der Waals surface area contributed by atoms with Crippen molar-refractivity contribution in [3.8, 4) is 5.75 Å². The minimum atomic E-state index is -3.52. The molecular weight excluding hydrogens is 428 g/mol. The van der Waals surface area contributed by atoms with Gasteiger partial charge in [0.1, 0.15) is 18.1 Å². The molecule has 0 unspecified atom stereocenters. The van der Waals surface area contributed by atoms with Gasteiger partial charge in [-0.05, 0) is 55.7 Å². The number of ether oxygens (including phenoxy) is 1. The normalized spacial score (nSPS) is 13.1. The first-order valence-corrected chi connectivity index (χ1v) is 12.1. The molecule has 0 atom stereocenters. The third-order valence-corrected chi connectivity index (χ3v) is 7.18. The number of furan rings is 1. The third-order valence-electron chi connectivity index (χ3n) is 5.41. The minimum absolute atomic E-state index is 0.00503. The fourth-order valence-corrected chi connectivity index (χ4v) is 5.20. The molecule has 0 bridgehead atoms. The van der Waals surface area contributed by atoms with Crippen LogP contribution in [0.5, 0.6) is 5.75 Å². The van der Waals surface area contributed by atoms with Crippen molar-refractivity contribution in [3.05, 3.63) is 82.8 Å². The largest absolute Gasteiger partial charge is 0.485 e. The highest BCUT2D eigenvalue weighted by Crippen LogP contribution is 2.29. The molecule has 4 rings (SSSR count). The van der Waals surface area contributed by atoms with Crippen LogP contribution in [0, 0.1) is 13.8 Å². The summed E-state index contributed by atoms with van der Waals surface area (Å²) in [4.78, 5) is 12.4. The molecule has 2 heterocycles. The number of carbonyl (C=O) groups excluding carboxylic acids is 1. The number of hydrogen-bond donors (Lipinski definition) is 1. The van der Waals surface area contributed by atoms with Gasteiger partial charge in [-0.1, -0.05) is 35.9 Å². The van der Waals surface area contributed by atoms with Crippen molar-refractivity contribution in [1.29, 1.82) is 0 Å². The lowest BCUT2D eigenvalue weighted by molar-refractivity contribution is 0.0924. The van der Waals surface area contributed by atoms with Crippen molar-refractivity contribution in [2.75, 3.05) is 23.1 Å². The van der Waals surface area contributed by atoms with Gasteiger partial charge in [0.2, 0.25) is 10.0 Å².